The van der Waals surface area contributed by atoms with E-state index in [9.17, 15) is 0 Å². The van der Waals surface area contributed by atoms with Crippen molar-refractivity contribution in [1.29, 1.82) is 0 Å². The summed E-state index contributed by atoms with van der Waals surface area (Å²) in [5.41, 5.74) is 2.43. The molecule has 1 aromatic carbocycles. The highest BCUT2D eigenvalue weighted by atomic mass is 35.5. The highest BCUT2D eigenvalue weighted by molar-refractivity contribution is 5.85. The second-order valence-corrected chi connectivity index (χ2v) is 6.24. The van der Waals surface area contributed by atoms with E-state index in [0.29, 0.717) is 6.04 Å². The van der Waals surface area contributed by atoms with Gasteiger partial charge in [0.1, 0.15) is 5.82 Å². The number of aromatic nitrogens is 2. The first-order valence-corrected chi connectivity index (χ1v) is 8.50. The predicted octanol–water partition coefficient (Wildman–Crippen LogP) is 4.81. The SMILES string of the molecule is CCCn1c(C(C)N2CCCCCC2)nc2ccccc21.Cl. The zero-order valence-corrected chi connectivity index (χ0v) is 14.6. The zero-order valence-electron chi connectivity index (χ0n) is 13.8. The number of aryl methyl sites for hydroxylation is 1. The number of nitrogens with zero attached hydrogens (tertiary/aromatic N) is 3. The Balaban J connectivity index is 0.00000176. The van der Waals surface area contributed by atoms with Crippen LogP contribution in [0.5, 0.6) is 0 Å². The molecule has 3 rings (SSSR count). The first-order valence-electron chi connectivity index (χ1n) is 8.50. The molecule has 1 saturated heterocycles. The summed E-state index contributed by atoms with van der Waals surface area (Å²) in [5, 5.41) is 0. The minimum absolute atomic E-state index is 0. The van der Waals surface area contributed by atoms with Gasteiger partial charge in [-0.2, -0.15) is 0 Å². The van der Waals surface area contributed by atoms with Gasteiger partial charge in [0.15, 0.2) is 0 Å². The first kappa shape index (κ1) is 17.3. The molecule has 0 bridgehead atoms. The van der Waals surface area contributed by atoms with Crippen LogP contribution in [-0.2, 0) is 6.54 Å². The number of rotatable bonds is 4. The summed E-state index contributed by atoms with van der Waals surface area (Å²) < 4.78 is 2.44. The van der Waals surface area contributed by atoms with Crippen LogP contribution < -0.4 is 0 Å². The summed E-state index contributed by atoms with van der Waals surface area (Å²) in [6, 6.07) is 8.97. The third-order valence-electron chi connectivity index (χ3n) is 4.69. The van der Waals surface area contributed by atoms with Crippen LogP contribution in [0.1, 0.15) is 57.8 Å². The Labute approximate surface area is 140 Å². The van der Waals surface area contributed by atoms with Gasteiger partial charge in [0.05, 0.1) is 17.1 Å². The van der Waals surface area contributed by atoms with E-state index < -0.39 is 0 Å². The van der Waals surface area contributed by atoms with E-state index in [2.05, 4.69) is 47.6 Å². The molecule has 1 aliphatic heterocycles. The standard InChI is InChI=1S/C18H27N3.ClH/c1-3-12-21-17-11-7-6-10-16(17)19-18(21)15(2)20-13-8-4-5-9-14-20;/h6-7,10-11,15H,3-5,8-9,12-14H2,1-2H3;1H. The number of fused-ring (bicyclic) bond motifs is 1. The van der Waals surface area contributed by atoms with Gasteiger partial charge in [-0.1, -0.05) is 31.9 Å². The van der Waals surface area contributed by atoms with E-state index in [4.69, 9.17) is 4.98 Å². The fourth-order valence-corrected chi connectivity index (χ4v) is 3.52. The topological polar surface area (TPSA) is 21.1 Å². The smallest absolute Gasteiger partial charge is 0.127 e. The van der Waals surface area contributed by atoms with Gasteiger partial charge in [0.25, 0.3) is 0 Å². The van der Waals surface area contributed by atoms with E-state index in [1.807, 2.05) is 0 Å². The van der Waals surface area contributed by atoms with Crippen LogP contribution in [0.25, 0.3) is 11.0 Å². The quantitative estimate of drug-likeness (QED) is 0.806. The number of hydrogen-bond acceptors (Lipinski definition) is 2. The molecule has 122 valence electrons. The van der Waals surface area contributed by atoms with E-state index in [-0.39, 0.29) is 12.4 Å². The summed E-state index contributed by atoms with van der Waals surface area (Å²) >= 11 is 0. The van der Waals surface area contributed by atoms with Crippen LogP contribution in [0.2, 0.25) is 0 Å². The van der Waals surface area contributed by atoms with Gasteiger partial charge in [-0.3, -0.25) is 4.90 Å². The largest absolute Gasteiger partial charge is 0.327 e. The number of hydrogen-bond donors (Lipinski definition) is 0. The average Bonchev–Trinajstić information content (AvgIpc) is 2.70. The summed E-state index contributed by atoms with van der Waals surface area (Å²) in [6.07, 6.45) is 6.58. The molecule has 0 aliphatic carbocycles. The van der Waals surface area contributed by atoms with Gasteiger partial charge >= 0.3 is 0 Å². The maximum Gasteiger partial charge on any atom is 0.127 e. The van der Waals surface area contributed by atoms with Crippen LogP contribution in [0.15, 0.2) is 24.3 Å². The number of benzene rings is 1. The first-order chi connectivity index (χ1) is 10.3. The Kier molecular flexibility index (Phi) is 6.27. The molecule has 1 fully saturated rings. The molecule has 3 nitrogen and oxygen atoms in total. The van der Waals surface area contributed by atoms with Crippen molar-refractivity contribution in [3.05, 3.63) is 30.1 Å². The second-order valence-electron chi connectivity index (χ2n) is 6.24. The van der Waals surface area contributed by atoms with Crippen molar-refractivity contribution in [1.82, 2.24) is 14.5 Å². The molecule has 0 spiro atoms. The molecule has 4 heteroatoms. The van der Waals surface area contributed by atoms with Crippen LogP contribution in [-0.4, -0.2) is 27.5 Å². The third kappa shape index (κ3) is 3.47. The summed E-state index contributed by atoms with van der Waals surface area (Å²) in [4.78, 5) is 7.58. The van der Waals surface area contributed by atoms with E-state index in [0.717, 1.165) is 18.5 Å². The normalized spacial score (nSPS) is 17.9. The lowest BCUT2D eigenvalue weighted by molar-refractivity contribution is 0.207. The van der Waals surface area contributed by atoms with Crippen LogP contribution in [0.4, 0.5) is 0 Å². The van der Waals surface area contributed by atoms with Crippen molar-refractivity contribution in [2.75, 3.05) is 13.1 Å². The molecule has 0 radical (unpaired) electrons. The number of likely N-dealkylation sites (tertiary alicyclic amines) is 1. The van der Waals surface area contributed by atoms with E-state index in [1.54, 1.807) is 0 Å². The summed E-state index contributed by atoms with van der Waals surface area (Å²) in [5.74, 6) is 1.25. The minimum atomic E-state index is 0. The van der Waals surface area contributed by atoms with Gasteiger partial charge in [0, 0.05) is 6.54 Å². The molecule has 2 aromatic rings. The lowest BCUT2D eigenvalue weighted by atomic mass is 10.2. The van der Waals surface area contributed by atoms with Gasteiger partial charge in [-0.05, 0) is 51.4 Å². The third-order valence-corrected chi connectivity index (χ3v) is 4.69. The molecule has 22 heavy (non-hydrogen) atoms. The van der Waals surface area contributed by atoms with Crippen molar-refractivity contribution in [3.8, 4) is 0 Å². The van der Waals surface area contributed by atoms with Gasteiger partial charge in [-0.15, -0.1) is 12.4 Å². The molecular formula is C18H28ClN3. The van der Waals surface area contributed by atoms with Crippen molar-refractivity contribution < 1.29 is 0 Å². The number of para-hydroxylation sites is 2. The summed E-state index contributed by atoms with van der Waals surface area (Å²) in [7, 11) is 0. The molecule has 0 amide bonds. The van der Waals surface area contributed by atoms with Gasteiger partial charge < -0.3 is 4.57 Å². The lowest BCUT2D eigenvalue weighted by Crippen LogP contribution is -2.30. The second kappa shape index (κ2) is 7.98. The van der Waals surface area contributed by atoms with Crippen LogP contribution >= 0.6 is 12.4 Å². The molecule has 0 N–H and O–H groups in total. The Hall–Kier alpha value is -1.06. The molecular weight excluding hydrogens is 294 g/mol. The van der Waals surface area contributed by atoms with E-state index >= 15 is 0 Å². The Bertz CT molecular complexity index is 585. The minimum Gasteiger partial charge on any atom is -0.327 e. The Morgan fingerprint density at radius 3 is 2.45 bits per heavy atom. The Morgan fingerprint density at radius 1 is 1.09 bits per heavy atom. The molecule has 2 heterocycles. The van der Waals surface area contributed by atoms with Crippen molar-refractivity contribution in [3.63, 3.8) is 0 Å². The van der Waals surface area contributed by atoms with Crippen LogP contribution in [0.3, 0.4) is 0 Å². The lowest BCUT2D eigenvalue weighted by Gasteiger charge is -2.27. The molecule has 1 aromatic heterocycles. The highest BCUT2D eigenvalue weighted by Gasteiger charge is 2.22. The fraction of sp³-hybridized carbons (Fsp3) is 0.611. The molecule has 1 atom stereocenters. The zero-order chi connectivity index (χ0) is 14.7. The maximum atomic E-state index is 4.96. The predicted molar refractivity (Wildman–Crippen MR) is 95.7 cm³/mol. The van der Waals surface area contributed by atoms with Crippen molar-refractivity contribution in [2.45, 2.75) is 58.5 Å². The summed E-state index contributed by atoms with van der Waals surface area (Å²) in [6.45, 7) is 8.08. The molecule has 1 aliphatic rings. The Morgan fingerprint density at radius 2 is 1.77 bits per heavy atom. The highest BCUT2D eigenvalue weighted by Crippen LogP contribution is 2.27. The number of imidazole rings is 1. The maximum absolute atomic E-state index is 4.96. The number of halogens is 1. The monoisotopic (exact) mass is 321 g/mol. The van der Waals surface area contributed by atoms with Crippen molar-refractivity contribution >= 4 is 23.4 Å². The fourth-order valence-electron chi connectivity index (χ4n) is 3.52. The van der Waals surface area contributed by atoms with Gasteiger partial charge in [-0.25, -0.2) is 4.98 Å². The van der Waals surface area contributed by atoms with Crippen molar-refractivity contribution in [2.24, 2.45) is 0 Å². The molecule has 0 saturated carbocycles. The average molecular weight is 322 g/mol. The molecule has 1 unspecified atom stereocenters. The van der Waals surface area contributed by atoms with Gasteiger partial charge in [0.2, 0.25) is 0 Å². The van der Waals surface area contributed by atoms with Crippen LogP contribution in [0, 0.1) is 0 Å². The van der Waals surface area contributed by atoms with E-state index in [1.165, 1.54) is 50.1 Å².